The van der Waals surface area contributed by atoms with Crippen LogP contribution in [0.4, 0.5) is 0 Å². The molecule has 26 nitrogen and oxygen atoms in total. The Balaban J connectivity index is 1.29. The summed E-state index contributed by atoms with van der Waals surface area (Å²) in [7, 11) is 0. The van der Waals surface area contributed by atoms with Crippen molar-refractivity contribution in [2.45, 2.75) is 30.1 Å². The van der Waals surface area contributed by atoms with Gasteiger partial charge in [0, 0.05) is 22.3 Å². The quantitative estimate of drug-likeness (QED) is 0.0517. The van der Waals surface area contributed by atoms with Crippen molar-refractivity contribution in [3.05, 3.63) is 64.2 Å². The number of phenols is 15. The molecule has 2 spiro atoms. The van der Waals surface area contributed by atoms with E-state index >= 15 is 0 Å². The third-order valence-corrected chi connectivity index (χ3v) is 11.8. The van der Waals surface area contributed by atoms with Gasteiger partial charge in [0.25, 0.3) is 5.72 Å². The van der Waals surface area contributed by atoms with Crippen molar-refractivity contribution in [2.75, 3.05) is 6.61 Å². The normalized spacial score (nSPS) is 22.6. The van der Waals surface area contributed by atoms with Gasteiger partial charge in [0.1, 0.15) is 12.7 Å². The van der Waals surface area contributed by atoms with Gasteiger partial charge >= 0.3 is 29.8 Å². The number of nitrogens with one attached hydrogen (secondary N) is 1. The topological polar surface area (TPSA) is 457 Å². The van der Waals surface area contributed by atoms with Gasteiger partial charge in [0.15, 0.2) is 69.3 Å². The zero-order valence-corrected chi connectivity index (χ0v) is 33.4. The molecule has 4 aliphatic rings. The van der Waals surface area contributed by atoms with Crippen molar-refractivity contribution in [2.24, 2.45) is 5.92 Å². The number of hydrogen-bond acceptors (Lipinski definition) is 26. The van der Waals surface area contributed by atoms with Gasteiger partial charge in [-0.05, 0) is 42.8 Å². The molecule has 5 atom stereocenters. The molecule has 9 rings (SSSR count). The monoisotopic (exact) mass is 947 g/mol. The van der Waals surface area contributed by atoms with Crippen molar-refractivity contribution in [1.29, 1.82) is 0 Å². The van der Waals surface area contributed by atoms with E-state index in [0.717, 1.165) is 0 Å². The first-order chi connectivity index (χ1) is 31.9. The first kappa shape index (κ1) is 43.7. The predicted molar refractivity (Wildman–Crippen MR) is 211 cm³/mol. The number of aromatic hydroxyl groups is 15. The lowest BCUT2D eigenvalue weighted by Crippen LogP contribution is -2.60. The molecule has 0 amide bonds. The SMILES string of the molecule is O=C(O[C@@H]1C[C@@H]2COC(=O)c3cc(O)c(O)c(O)c3-c3c(cc(O)c(O)c3O)C(=O)O[C@]23N[C@]32OC(=O)c3cc(O)c(O)c(O)c3-c3c(cc(O)c(O)c3O)C(=O)O[C@@H]12)c1cc(O)c(O)c(O)c1. The van der Waals surface area contributed by atoms with Crippen LogP contribution < -0.4 is 5.32 Å². The number of benzene rings is 5. The van der Waals surface area contributed by atoms with E-state index in [1.807, 2.05) is 0 Å². The average molecular weight is 948 g/mol. The molecule has 16 N–H and O–H groups in total. The molecule has 3 aliphatic heterocycles. The maximum absolute atomic E-state index is 14.7. The number of ether oxygens (including phenoxy) is 5. The zero-order valence-electron chi connectivity index (χ0n) is 33.4. The second-order valence-corrected chi connectivity index (χ2v) is 15.6. The Morgan fingerprint density at radius 3 is 1.28 bits per heavy atom. The summed E-state index contributed by atoms with van der Waals surface area (Å²) in [6, 6.07) is 3.07. The van der Waals surface area contributed by atoms with Crippen LogP contribution in [0.3, 0.4) is 0 Å². The van der Waals surface area contributed by atoms with Crippen LogP contribution in [-0.4, -0.2) is 137 Å². The van der Waals surface area contributed by atoms with Crippen LogP contribution in [0.15, 0.2) is 36.4 Å². The Morgan fingerprint density at radius 2 is 0.853 bits per heavy atom. The summed E-state index contributed by atoms with van der Waals surface area (Å²) in [4.78, 5) is 71.7. The number of rotatable bonds is 2. The highest BCUT2D eigenvalue weighted by atomic mass is 16.7. The van der Waals surface area contributed by atoms with Gasteiger partial charge in [0.2, 0.25) is 28.7 Å². The van der Waals surface area contributed by atoms with Crippen molar-refractivity contribution >= 4 is 29.8 Å². The molecule has 0 aromatic heterocycles. The predicted octanol–water partition coefficient (Wildman–Crippen LogP) is 1.57. The molecule has 0 bridgehead atoms. The fourth-order valence-electron chi connectivity index (χ4n) is 8.56. The van der Waals surface area contributed by atoms with E-state index in [2.05, 4.69) is 5.32 Å². The Hall–Kier alpha value is -9.59. The molecule has 0 radical (unpaired) electrons. The van der Waals surface area contributed by atoms with Gasteiger partial charge in [-0.2, -0.15) is 0 Å². The van der Waals surface area contributed by atoms with Crippen molar-refractivity contribution in [3.63, 3.8) is 0 Å². The molecule has 3 heterocycles. The van der Waals surface area contributed by atoms with E-state index < -0.39 is 209 Å². The second kappa shape index (κ2) is 14.5. The Kier molecular flexibility index (Phi) is 9.28. The van der Waals surface area contributed by atoms with Crippen molar-refractivity contribution in [1.82, 2.24) is 5.32 Å². The number of fused-ring (bicyclic) bond motifs is 6. The zero-order chi connectivity index (χ0) is 49.4. The molecular formula is C42H29NO25. The molecule has 1 saturated heterocycles. The minimum atomic E-state index is -3.01. The molecule has 26 heteroatoms. The maximum atomic E-state index is 14.7. The lowest BCUT2D eigenvalue weighted by Gasteiger charge is -2.41. The number of carbonyl (C=O) groups is 5. The molecule has 5 aromatic rings. The second-order valence-electron chi connectivity index (χ2n) is 15.6. The highest BCUT2D eigenvalue weighted by Gasteiger charge is 2.86. The van der Waals surface area contributed by atoms with Crippen LogP contribution in [-0.2, 0) is 23.7 Å². The standard InChI is InChI=1S/C42H29NO25/c44-15-1-9(2-16(45)26(15)50)36(59)65-21-3-10-8-64-37(60)11-4-17(46)27(51)31(55)22(11)24-13(6-19(48)29(53)33(24)57)39(62)67-41(10)42(43-41)35(21)66-38(61)12-5-18(47)28(52)32(56)23(12)25-14(40(63)68-42)7-20(49)30(54)34(25)58/h1-2,4-7,10,21,35,43-58H,3,8H2/t10-,21-,35+,41-,42-/m1/s1. The molecule has 1 aliphatic carbocycles. The highest BCUT2D eigenvalue weighted by Crippen LogP contribution is 2.61. The smallest absolute Gasteiger partial charge is 0.341 e. The number of cyclic esters (lactones) is 1. The molecular weight excluding hydrogens is 918 g/mol. The molecule has 2 fully saturated rings. The number of phenolic OH excluding ortho intramolecular Hbond substituents is 15. The van der Waals surface area contributed by atoms with E-state index in [4.69, 9.17) is 23.7 Å². The fraction of sp³-hybridized carbons (Fsp3) is 0.167. The van der Waals surface area contributed by atoms with Crippen LogP contribution in [0.1, 0.15) is 58.2 Å². The minimum absolute atomic E-state index is 0.434. The summed E-state index contributed by atoms with van der Waals surface area (Å²) in [5.41, 5.74) is -14.8. The summed E-state index contributed by atoms with van der Waals surface area (Å²) in [6.45, 7) is -1.08. The first-order valence-electron chi connectivity index (χ1n) is 19.2. The summed E-state index contributed by atoms with van der Waals surface area (Å²) < 4.78 is 28.9. The fourth-order valence-corrected chi connectivity index (χ4v) is 8.56. The van der Waals surface area contributed by atoms with Crippen molar-refractivity contribution < 1.29 is 124 Å². The van der Waals surface area contributed by atoms with Gasteiger partial charge in [-0.1, -0.05) is 0 Å². The van der Waals surface area contributed by atoms with Gasteiger partial charge < -0.3 is 100 Å². The Labute approximate surface area is 374 Å². The van der Waals surface area contributed by atoms with Gasteiger partial charge in [0.05, 0.1) is 33.7 Å². The largest absolute Gasteiger partial charge is 0.504 e. The van der Waals surface area contributed by atoms with Gasteiger partial charge in [-0.3, -0.25) is 0 Å². The van der Waals surface area contributed by atoms with Crippen LogP contribution in [0.2, 0.25) is 0 Å². The van der Waals surface area contributed by atoms with Crippen LogP contribution in [0.5, 0.6) is 86.2 Å². The summed E-state index contributed by atoms with van der Waals surface area (Å²) in [6.07, 6.45) is -5.35. The van der Waals surface area contributed by atoms with Crippen LogP contribution in [0.25, 0.3) is 22.3 Å². The van der Waals surface area contributed by atoms with E-state index in [9.17, 15) is 101 Å². The number of esters is 5. The van der Waals surface area contributed by atoms with Crippen LogP contribution in [0, 0.1) is 5.92 Å². The van der Waals surface area contributed by atoms with Crippen molar-refractivity contribution in [3.8, 4) is 108 Å². The Bertz CT molecular complexity index is 3160. The Morgan fingerprint density at radius 1 is 0.485 bits per heavy atom. The minimum Gasteiger partial charge on any atom is -0.504 e. The van der Waals surface area contributed by atoms with E-state index in [-0.39, 0.29) is 0 Å². The van der Waals surface area contributed by atoms with Crippen LogP contribution >= 0.6 is 0 Å². The van der Waals surface area contributed by atoms with E-state index in [1.54, 1.807) is 0 Å². The lowest BCUT2D eigenvalue weighted by atomic mass is 9.80. The lowest BCUT2D eigenvalue weighted by molar-refractivity contribution is -0.171. The molecule has 352 valence electrons. The summed E-state index contributed by atoms with van der Waals surface area (Å²) in [5, 5.41) is 162. The molecule has 5 aromatic carbocycles. The summed E-state index contributed by atoms with van der Waals surface area (Å²) >= 11 is 0. The molecule has 1 saturated carbocycles. The van der Waals surface area contributed by atoms with E-state index in [0.29, 0.717) is 36.4 Å². The third-order valence-electron chi connectivity index (χ3n) is 11.8. The molecule has 0 unspecified atom stereocenters. The maximum Gasteiger partial charge on any atom is 0.341 e. The van der Waals surface area contributed by atoms with Gasteiger partial charge in [-0.15, -0.1) is 0 Å². The summed E-state index contributed by atoms with van der Waals surface area (Å²) in [5.74, 6) is -29.4. The van der Waals surface area contributed by atoms with Gasteiger partial charge in [-0.25, -0.2) is 29.3 Å². The third kappa shape index (κ3) is 5.96. The molecule has 68 heavy (non-hydrogen) atoms. The first-order valence-corrected chi connectivity index (χ1v) is 19.2. The number of hydrogen-bond donors (Lipinski definition) is 16. The van der Waals surface area contributed by atoms with E-state index in [1.165, 1.54) is 0 Å². The number of carbonyl (C=O) groups excluding carboxylic acids is 5. The highest BCUT2D eigenvalue weighted by molar-refractivity contribution is 6.10. The average Bonchev–Trinajstić information content (AvgIpc) is 3.94.